The first-order chi connectivity index (χ1) is 17.8. The second kappa shape index (κ2) is 11.4. The van der Waals surface area contributed by atoms with E-state index in [9.17, 15) is 35.9 Å². The van der Waals surface area contributed by atoms with Crippen LogP contribution in [-0.4, -0.2) is 38.7 Å². The molecule has 1 aliphatic carbocycles. The van der Waals surface area contributed by atoms with Gasteiger partial charge in [0.1, 0.15) is 11.5 Å². The van der Waals surface area contributed by atoms with Crippen molar-refractivity contribution >= 4 is 11.9 Å². The molecule has 0 saturated heterocycles. The lowest BCUT2D eigenvalue weighted by Crippen LogP contribution is -2.35. The van der Waals surface area contributed by atoms with Gasteiger partial charge in [0.2, 0.25) is 0 Å². The SMILES string of the molecule is CCOC(=O)C(c1cc(OC)ccc1OC)C1C=CC(NC(=O)c2cc(C(F)(F)F)ccc2C(F)(F)F)C1. The van der Waals surface area contributed by atoms with Gasteiger partial charge < -0.3 is 19.5 Å². The molecular weight excluding hydrogens is 520 g/mol. The first kappa shape index (κ1) is 28.9. The van der Waals surface area contributed by atoms with Gasteiger partial charge in [0.25, 0.3) is 5.91 Å². The van der Waals surface area contributed by atoms with Gasteiger partial charge in [-0.3, -0.25) is 9.59 Å². The first-order valence-corrected chi connectivity index (χ1v) is 11.5. The number of allylic oxidation sites excluding steroid dienone is 1. The number of carbonyl (C=O) groups excluding carboxylic acids is 2. The van der Waals surface area contributed by atoms with Gasteiger partial charge >= 0.3 is 18.3 Å². The molecule has 0 bridgehead atoms. The Hall–Kier alpha value is -3.70. The van der Waals surface area contributed by atoms with Crippen molar-refractivity contribution < 1.29 is 50.1 Å². The van der Waals surface area contributed by atoms with E-state index < -0.39 is 58.8 Å². The highest BCUT2D eigenvalue weighted by atomic mass is 19.4. The summed E-state index contributed by atoms with van der Waals surface area (Å²) in [6, 6.07) is 4.65. The van der Waals surface area contributed by atoms with E-state index in [0.717, 1.165) is 0 Å². The predicted molar refractivity (Wildman–Crippen MR) is 124 cm³/mol. The molecule has 38 heavy (non-hydrogen) atoms. The Kier molecular flexibility index (Phi) is 8.63. The first-order valence-electron chi connectivity index (χ1n) is 11.5. The molecule has 1 N–H and O–H groups in total. The summed E-state index contributed by atoms with van der Waals surface area (Å²) < 4.78 is 95.6. The maximum absolute atomic E-state index is 13.5. The molecular formula is C26H25F6NO5. The van der Waals surface area contributed by atoms with E-state index in [4.69, 9.17) is 14.2 Å². The van der Waals surface area contributed by atoms with Crippen LogP contribution in [0.5, 0.6) is 11.5 Å². The summed E-state index contributed by atoms with van der Waals surface area (Å²) in [5, 5.41) is 2.34. The third kappa shape index (κ3) is 6.40. The molecule has 3 unspecified atom stereocenters. The van der Waals surface area contributed by atoms with Crippen LogP contribution in [0.25, 0.3) is 0 Å². The minimum Gasteiger partial charge on any atom is -0.497 e. The molecule has 0 aromatic heterocycles. The van der Waals surface area contributed by atoms with Crippen LogP contribution in [0.1, 0.15) is 46.3 Å². The van der Waals surface area contributed by atoms with E-state index in [1.165, 1.54) is 20.3 Å². The quantitative estimate of drug-likeness (QED) is 0.259. The fraction of sp³-hybridized carbons (Fsp3) is 0.385. The van der Waals surface area contributed by atoms with Gasteiger partial charge in [-0.05, 0) is 55.7 Å². The standard InChI is InChI=1S/C26H25F6NO5/c1-4-38-24(35)22(19-13-17(36-2)8-10-21(19)37-3)14-5-7-16(11-14)33-23(34)18-12-15(25(27,28)29)6-9-20(18)26(30,31)32/h5-10,12-14,16,22H,4,11H2,1-3H3,(H,33,34). The maximum Gasteiger partial charge on any atom is 0.417 e. The van der Waals surface area contributed by atoms with Gasteiger partial charge in [-0.2, -0.15) is 26.3 Å². The van der Waals surface area contributed by atoms with Crippen LogP contribution in [0.2, 0.25) is 0 Å². The van der Waals surface area contributed by atoms with Crippen molar-refractivity contribution in [2.75, 3.05) is 20.8 Å². The van der Waals surface area contributed by atoms with Crippen LogP contribution in [0, 0.1) is 5.92 Å². The number of hydrogen-bond donors (Lipinski definition) is 1. The third-order valence-electron chi connectivity index (χ3n) is 6.07. The lowest BCUT2D eigenvalue weighted by atomic mass is 9.84. The number of hydrogen-bond acceptors (Lipinski definition) is 5. The van der Waals surface area contributed by atoms with E-state index in [0.29, 0.717) is 17.1 Å². The number of carbonyl (C=O) groups is 2. The summed E-state index contributed by atoms with van der Waals surface area (Å²) in [6.45, 7) is 1.70. The van der Waals surface area contributed by atoms with Crippen LogP contribution in [0.4, 0.5) is 26.3 Å². The normalized spacial score (nSPS) is 18.1. The summed E-state index contributed by atoms with van der Waals surface area (Å²) in [6.07, 6.45) is -6.86. The molecule has 3 rings (SSSR count). The van der Waals surface area contributed by atoms with E-state index in [1.807, 2.05) is 0 Å². The molecule has 0 spiro atoms. The van der Waals surface area contributed by atoms with Crippen molar-refractivity contribution in [3.63, 3.8) is 0 Å². The van der Waals surface area contributed by atoms with Crippen LogP contribution < -0.4 is 14.8 Å². The zero-order chi connectivity index (χ0) is 28.3. The van der Waals surface area contributed by atoms with E-state index in [1.54, 1.807) is 31.2 Å². The zero-order valence-electron chi connectivity index (χ0n) is 20.6. The summed E-state index contributed by atoms with van der Waals surface area (Å²) in [7, 11) is 2.85. The fourth-order valence-corrected chi connectivity index (χ4v) is 4.33. The Bertz CT molecular complexity index is 1210. The highest BCUT2D eigenvalue weighted by molar-refractivity contribution is 5.96. The molecule has 0 radical (unpaired) electrons. The lowest BCUT2D eigenvalue weighted by Gasteiger charge is -2.24. The number of rotatable bonds is 8. The Labute approximate surface area is 214 Å². The van der Waals surface area contributed by atoms with E-state index in [2.05, 4.69) is 5.32 Å². The summed E-state index contributed by atoms with van der Waals surface area (Å²) in [5.41, 5.74) is -3.60. The Morgan fingerprint density at radius 3 is 2.26 bits per heavy atom. The number of methoxy groups -OCH3 is 2. The van der Waals surface area contributed by atoms with Gasteiger partial charge in [-0.25, -0.2) is 0 Å². The van der Waals surface area contributed by atoms with Crippen molar-refractivity contribution in [1.29, 1.82) is 0 Å². The lowest BCUT2D eigenvalue weighted by molar-refractivity contribution is -0.146. The molecule has 1 amide bonds. The van der Waals surface area contributed by atoms with Crippen molar-refractivity contribution in [1.82, 2.24) is 5.32 Å². The molecule has 12 heteroatoms. The van der Waals surface area contributed by atoms with Crippen LogP contribution in [0.15, 0.2) is 48.6 Å². The second-order valence-corrected chi connectivity index (χ2v) is 8.46. The van der Waals surface area contributed by atoms with Crippen LogP contribution in [-0.2, 0) is 21.9 Å². The van der Waals surface area contributed by atoms with E-state index in [-0.39, 0.29) is 31.2 Å². The number of halogens is 6. The van der Waals surface area contributed by atoms with Crippen molar-refractivity contribution in [3.05, 3.63) is 70.8 Å². The Morgan fingerprint density at radius 2 is 1.68 bits per heavy atom. The van der Waals surface area contributed by atoms with Gasteiger partial charge in [0.05, 0.1) is 43.4 Å². The highest BCUT2D eigenvalue weighted by Gasteiger charge is 2.40. The number of amides is 1. The topological polar surface area (TPSA) is 73.9 Å². The second-order valence-electron chi connectivity index (χ2n) is 8.46. The minimum absolute atomic E-state index is 0.0654. The van der Waals surface area contributed by atoms with Gasteiger partial charge in [0.15, 0.2) is 0 Å². The van der Waals surface area contributed by atoms with Gasteiger partial charge in [-0.1, -0.05) is 12.2 Å². The molecule has 2 aromatic rings. The van der Waals surface area contributed by atoms with Gasteiger partial charge in [-0.15, -0.1) is 0 Å². The molecule has 1 aliphatic rings. The molecule has 6 nitrogen and oxygen atoms in total. The largest absolute Gasteiger partial charge is 0.497 e. The average Bonchev–Trinajstić information content (AvgIpc) is 3.30. The Morgan fingerprint density at radius 1 is 0.974 bits per heavy atom. The Balaban J connectivity index is 1.89. The van der Waals surface area contributed by atoms with Crippen molar-refractivity contribution in [2.24, 2.45) is 5.92 Å². The summed E-state index contributed by atoms with van der Waals surface area (Å²) in [5.74, 6) is -2.63. The zero-order valence-corrected chi connectivity index (χ0v) is 20.6. The highest BCUT2D eigenvalue weighted by Crippen LogP contribution is 2.41. The third-order valence-corrected chi connectivity index (χ3v) is 6.07. The molecule has 3 atom stereocenters. The number of alkyl halides is 6. The van der Waals surface area contributed by atoms with Gasteiger partial charge in [0, 0.05) is 11.6 Å². The van der Waals surface area contributed by atoms with Crippen molar-refractivity contribution in [2.45, 2.75) is 37.7 Å². The number of esters is 1. The van der Waals surface area contributed by atoms with Crippen LogP contribution >= 0.6 is 0 Å². The molecule has 0 heterocycles. The predicted octanol–water partition coefficient (Wildman–Crippen LogP) is 5.76. The monoisotopic (exact) mass is 545 g/mol. The summed E-state index contributed by atoms with van der Waals surface area (Å²) in [4.78, 5) is 25.7. The maximum atomic E-state index is 13.5. The molecule has 2 aromatic carbocycles. The van der Waals surface area contributed by atoms with E-state index >= 15 is 0 Å². The number of ether oxygens (including phenoxy) is 3. The molecule has 206 valence electrons. The van der Waals surface area contributed by atoms with Crippen LogP contribution in [0.3, 0.4) is 0 Å². The summed E-state index contributed by atoms with van der Waals surface area (Å²) >= 11 is 0. The molecule has 0 aliphatic heterocycles. The fourth-order valence-electron chi connectivity index (χ4n) is 4.33. The number of benzene rings is 2. The average molecular weight is 545 g/mol. The minimum atomic E-state index is -5.05. The number of nitrogens with one attached hydrogen (secondary N) is 1. The van der Waals surface area contributed by atoms with Crippen molar-refractivity contribution in [3.8, 4) is 11.5 Å². The smallest absolute Gasteiger partial charge is 0.417 e. The molecule has 0 saturated carbocycles. The molecule has 0 fully saturated rings.